The van der Waals surface area contributed by atoms with Gasteiger partial charge in [-0.2, -0.15) is 0 Å². The van der Waals surface area contributed by atoms with Crippen molar-refractivity contribution in [1.29, 1.82) is 0 Å². The molecule has 1 heterocycles. The van der Waals surface area contributed by atoms with Crippen LogP contribution in [0.25, 0.3) is 0 Å². The molecule has 2 atom stereocenters. The van der Waals surface area contributed by atoms with Crippen LogP contribution >= 0.6 is 0 Å². The third kappa shape index (κ3) is 4.59. The number of urea groups is 1. The Balaban J connectivity index is 2.07. The highest BCUT2D eigenvalue weighted by molar-refractivity contribution is 5.83. The molecule has 0 spiro atoms. The van der Waals surface area contributed by atoms with Gasteiger partial charge in [0, 0.05) is 6.54 Å². The summed E-state index contributed by atoms with van der Waals surface area (Å²) in [7, 11) is 4.76. The molecule has 2 N–H and O–H groups in total. The normalized spacial score (nSPS) is 16.2. The summed E-state index contributed by atoms with van der Waals surface area (Å²) in [5.41, 5.74) is 2.84. The molecule has 0 fully saturated rings. The topological polar surface area (TPSA) is 97.3 Å². The molecular formula is C24H30N2O6. The molecule has 8 nitrogen and oxygen atoms in total. The predicted octanol–water partition coefficient (Wildman–Crippen LogP) is 3.48. The fraction of sp³-hybridized carbons (Fsp3) is 0.417. The molecule has 172 valence electrons. The molecule has 0 radical (unpaired) electrons. The number of benzene rings is 2. The Bertz CT molecular complexity index is 973. The number of carboxylic acids is 1. The molecular weight excluding hydrogens is 412 g/mol. The number of fused-ring (bicyclic) bond motifs is 1. The van der Waals surface area contributed by atoms with Gasteiger partial charge >= 0.3 is 12.0 Å². The van der Waals surface area contributed by atoms with Crippen molar-refractivity contribution in [3.8, 4) is 17.2 Å². The smallest absolute Gasteiger partial charge is 0.326 e. The van der Waals surface area contributed by atoms with Crippen LogP contribution in [0.1, 0.15) is 36.6 Å². The van der Waals surface area contributed by atoms with E-state index in [-0.39, 0.29) is 5.92 Å². The van der Waals surface area contributed by atoms with Crippen molar-refractivity contribution in [2.75, 3.05) is 27.9 Å². The number of hydrogen-bond acceptors (Lipinski definition) is 5. The summed E-state index contributed by atoms with van der Waals surface area (Å²) >= 11 is 0. The summed E-state index contributed by atoms with van der Waals surface area (Å²) in [6, 6.07) is 9.50. The van der Waals surface area contributed by atoms with Crippen LogP contribution in [-0.4, -0.2) is 55.9 Å². The molecule has 1 aliphatic rings. The summed E-state index contributed by atoms with van der Waals surface area (Å²) in [6.45, 7) is 3.96. The molecule has 2 amide bonds. The van der Waals surface area contributed by atoms with E-state index in [2.05, 4.69) is 5.32 Å². The molecule has 8 heteroatoms. The average molecular weight is 443 g/mol. The summed E-state index contributed by atoms with van der Waals surface area (Å²) < 4.78 is 16.2. The van der Waals surface area contributed by atoms with Gasteiger partial charge in [0.2, 0.25) is 0 Å². The van der Waals surface area contributed by atoms with Gasteiger partial charge < -0.3 is 29.5 Å². The van der Waals surface area contributed by atoms with Crippen molar-refractivity contribution in [3.05, 3.63) is 53.1 Å². The Morgan fingerprint density at radius 2 is 1.66 bits per heavy atom. The van der Waals surface area contributed by atoms with E-state index < -0.39 is 24.1 Å². The van der Waals surface area contributed by atoms with E-state index >= 15 is 0 Å². The van der Waals surface area contributed by atoms with Gasteiger partial charge in [0.05, 0.1) is 27.4 Å². The fourth-order valence-electron chi connectivity index (χ4n) is 4.04. The van der Waals surface area contributed by atoms with Gasteiger partial charge in [-0.1, -0.05) is 26.0 Å². The quantitative estimate of drug-likeness (QED) is 0.681. The standard InChI is InChI=1S/C24H30N2O6/c1-14(2)21(23(27)28)25-24(29)26-11-10-16-12-19(31-4)20(32-5)13-18(16)22(26)15-6-8-17(30-3)9-7-15/h6-9,12-14,21-22H,10-11H2,1-5H3,(H,25,29)(H,27,28). The lowest BCUT2D eigenvalue weighted by atomic mass is 9.87. The molecule has 0 aliphatic carbocycles. The zero-order valence-corrected chi connectivity index (χ0v) is 19.0. The molecule has 0 saturated heterocycles. The summed E-state index contributed by atoms with van der Waals surface area (Å²) in [5.74, 6) is 0.593. The minimum Gasteiger partial charge on any atom is -0.497 e. The van der Waals surface area contributed by atoms with E-state index in [0.29, 0.717) is 30.2 Å². The molecule has 0 aromatic heterocycles. The summed E-state index contributed by atoms with van der Waals surface area (Å²) in [6.07, 6.45) is 0.606. The first kappa shape index (κ1) is 23.2. The number of carbonyl (C=O) groups excluding carboxylic acids is 1. The van der Waals surface area contributed by atoms with E-state index in [4.69, 9.17) is 14.2 Å². The first-order valence-electron chi connectivity index (χ1n) is 10.5. The molecule has 32 heavy (non-hydrogen) atoms. The zero-order valence-electron chi connectivity index (χ0n) is 19.0. The summed E-state index contributed by atoms with van der Waals surface area (Å²) in [4.78, 5) is 26.6. The Labute approximate surface area is 188 Å². The van der Waals surface area contributed by atoms with Crippen LogP contribution in [0, 0.1) is 5.92 Å². The number of nitrogens with zero attached hydrogens (tertiary/aromatic N) is 1. The van der Waals surface area contributed by atoms with Crippen LogP contribution in [-0.2, 0) is 11.2 Å². The maximum absolute atomic E-state index is 13.3. The Morgan fingerprint density at radius 3 is 2.19 bits per heavy atom. The van der Waals surface area contributed by atoms with Crippen LogP contribution in [0.5, 0.6) is 17.2 Å². The van der Waals surface area contributed by atoms with Crippen LogP contribution in [0.15, 0.2) is 36.4 Å². The molecule has 2 aromatic rings. The largest absolute Gasteiger partial charge is 0.497 e. The van der Waals surface area contributed by atoms with E-state index in [0.717, 1.165) is 16.7 Å². The number of nitrogens with one attached hydrogen (secondary N) is 1. The number of aliphatic carboxylic acids is 1. The van der Waals surface area contributed by atoms with Gasteiger partial charge in [0.15, 0.2) is 11.5 Å². The molecule has 0 saturated carbocycles. The lowest BCUT2D eigenvalue weighted by Gasteiger charge is -2.39. The number of ether oxygens (including phenoxy) is 3. The van der Waals surface area contributed by atoms with Crippen molar-refractivity contribution >= 4 is 12.0 Å². The van der Waals surface area contributed by atoms with Crippen molar-refractivity contribution in [3.63, 3.8) is 0 Å². The van der Waals surface area contributed by atoms with Crippen LogP contribution in [0.3, 0.4) is 0 Å². The molecule has 1 aliphatic heterocycles. The first-order chi connectivity index (χ1) is 15.3. The SMILES string of the molecule is COc1ccc(C2c3cc(OC)c(OC)cc3CCN2C(=O)NC(C(=O)O)C(C)C)cc1. The molecule has 3 rings (SSSR count). The van der Waals surface area contributed by atoms with Crippen molar-refractivity contribution in [1.82, 2.24) is 10.2 Å². The van der Waals surface area contributed by atoms with E-state index in [1.807, 2.05) is 36.4 Å². The zero-order chi connectivity index (χ0) is 23.4. The van der Waals surface area contributed by atoms with Gasteiger partial charge in [0.25, 0.3) is 0 Å². The maximum Gasteiger partial charge on any atom is 0.326 e. The maximum atomic E-state index is 13.3. The van der Waals surface area contributed by atoms with E-state index in [1.165, 1.54) is 0 Å². The average Bonchev–Trinajstić information content (AvgIpc) is 2.80. The van der Waals surface area contributed by atoms with Crippen LogP contribution in [0.4, 0.5) is 4.79 Å². The number of carbonyl (C=O) groups is 2. The van der Waals surface area contributed by atoms with E-state index in [9.17, 15) is 14.7 Å². The first-order valence-corrected chi connectivity index (χ1v) is 10.5. The number of rotatable bonds is 7. The highest BCUT2D eigenvalue weighted by Gasteiger charge is 2.35. The van der Waals surface area contributed by atoms with Crippen molar-refractivity contribution in [2.24, 2.45) is 5.92 Å². The third-order valence-corrected chi connectivity index (χ3v) is 5.78. The summed E-state index contributed by atoms with van der Waals surface area (Å²) in [5, 5.41) is 12.2. The van der Waals surface area contributed by atoms with Gasteiger partial charge in [-0.05, 0) is 53.3 Å². The highest BCUT2D eigenvalue weighted by Crippen LogP contribution is 2.41. The third-order valence-electron chi connectivity index (χ3n) is 5.78. The van der Waals surface area contributed by atoms with Gasteiger partial charge in [-0.15, -0.1) is 0 Å². The second-order valence-electron chi connectivity index (χ2n) is 8.03. The molecule has 2 unspecified atom stereocenters. The van der Waals surface area contributed by atoms with Crippen LogP contribution in [0.2, 0.25) is 0 Å². The minimum atomic E-state index is -1.06. The minimum absolute atomic E-state index is 0.252. The lowest BCUT2D eigenvalue weighted by molar-refractivity contribution is -0.140. The lowest BCUT2D eigenvalue weighted by Crippen LogP contribution is -2.52. The second kappa shape index (κ2) is 9.80. The number of carboxylic acid groups (broad SMARTS) is 1. The predicted molar refractivity (Wildman–Crippen MR) is 120 cm³/mol. The van der Waals surface area contributed by atoms with Gasteiger partial charge in [-0.25, -0.2) is 9.59 Å². The molecule has 0 bridgehead atoms. The highest BCUT2D eigenvalue weighted by atomic mass is 16.5. The molecule has 2 aromatic carbocycles. The number of methoxy groups -OCH3 is 3. The second-order valence-corrected chi connectivity index (χ2v) is 8.03. The van der Waals surface area contributed by atoms with E-state index in [1.54, 1.807) is 40.1 Å². The Hall–Kier alpha value is -3.42. The Kier molecular flexibility index (Phi) is 7.12. The monoisotopic (exact) mass is 442 g/mol. The number of hydrogen-bond donors (Lipinski definition) is 2. The van der Waals surface area contributed by atoms with Crippen molar-refractivity contribution < 1.29 is 28.9 Å². The van der Waals surface area contributed by atoms with Crippen LogP contribution < -0.4 is 19.5 Å². The van der Waals surface area contributed by atoms with Gasteiger partial charge in [-0.3, -0.25) is 0 Å². The Morgan fingerprint density at radius 1 is 1.03 bits per heavy atom. The van der Waals surface area contributed by atoms with Crippen molar-refractivity contribution in [2.45, 2.75) is 32.4 Å². The van der Waals surface area contributed by atoms with Gasteiger partial charge in [0.1, 0.15) is 11.8 Å². The number of amides is 2. The fourth-order valence-corrected chi connectivity index (χ4v) is 4.04.